The number of anilines is 1. The molecule has 3 aliphatic carbocycles. The monoisotopic (exact) mass is 348 g/mol. The molecule has 0 aliphatic heterocycles. The number of carbonyl (C=O) groups excluding carboxylic acids is 2. The first-order valence-electron chi connectivity index (χ1n) is 7.93. The van der Waals surface area contributed by atoms with Gasteiger partial charge in [-0.2, -0.15) is 0 Å². The van der Waals surface area contributed by atoms with Crippen molar-refractivity contribution in [2.45, 2.75) is 26.7 Å². The number of primary amides is 1. The van der Waals surface area contributed by atoms with Gasteiger partial charge in [0.2, 0.25) is 5.91 Å². The predicted molar refractivity (Wildman–Crippen MR) is 90.9 cm³/mol. The lowest BCUT2D eigenvalue weighted by Gasteiger charge is -2.41. The zero-order valence-corrected chi connectivity index (χ0v) is 14.4. The smallest absolute Gasteiger partial charge is 0.307 e. The van der Waals surface area contributed by atoms with Gasteiger partial charge in [0, 0.05) is 4.88 Å². The van der Waals surface area contributed by atoms with E-state index in [9.17, 15) is 19.5 Å². The van der Waals surface area contributed by atoms with Gasteiger partial charge in [-0.25, -0.2) is 0 Å². The fraction of sp³-hybridized carbons (Fsp3) is 0.471. The first-order valence-corrected chi connectivity index (χ1v) is 8.74. The number of carbonyl (C=O) groups is 3. The molecular formula is C17H20N2O4S. The molecule has 1 fully saturated rings. The molecule has 128 valence electrons. The molecule has 2 amide bonds. The second-order valence-corrected chi connectivity index (χ2v) is 7.75. The molecular weight excluding hydrogens is 328 g/mol. The molecule has 0 saturated heterocycles. The number of hydrogen-bond donors (Lipinski definition) is 3. The van der Waals surface area contributed by atoms with E-state index in [2.05, 4.69) is 5.32 Å². The average molecular weight is 348 g/mol. The van der Waals surface area contributed by atoms with Gasteiger partial charge >= 0.3 is 5.97 Å². The molecule has 0 radical (unpaired) electrons. The molecule has 1 heterocycles. The summed E-state index contributed by atoms with van der Waals surface area (Å²) in [5, 5.41) is 12.7. The second-order valence-electron chi connectivity index (χ2n) is 6.52. The van der Waals surface area contributed by atoms with Crippen molar-refractivity contribution in [1.82, 2.24) is 0 Å². The predicted octanol–water partition coefficient (Wildman–Crippen LogP) is 2.32. The minimum absolute atomic E-state index is 0.0738. The van der Waals surface area contributed by atoms with Crippen LogP contribution in [0, 0.1) is 37.5 Å². The summed E-state index contributed by atoms with van der Waals surface area (Å²) in [5.74, 6) is -3.39. The zero-order chi connectivity index (χ0) is 17.6. The van der Waals surface area contributed by atoms with Crippen LogP contribution in [-0.4, -0.2) is 22.9 Å². The number of aryl methyl sites for hydroxylation is 1. The third kappa shape index (κ3) is 2.62. The largest absolute Gasteiger partial charge is 0.481 e. The van der Waals surface area contributed by atoms with Crippen LogP contribution >= 0.6 is 11.3 Å². The SMILES string of the molecule is Cc1sc(NC(=O)[C@H]2[C@H](C(=O)O)[C@H]3C=C[C@H]2CC3)c(C(N)=O)c1C. The van der Waals surface area contributed by atoms with Crippen molar-refractivity contribution in [2.75, 3.05) is 5.32 Å². The third-order valence-electron chi connectivity index (χ3n) is 5.20. The summed E-state index contributed by atoms with van der Waals surface area (Å²) in [7, 11) is 0. The summed E-state index contributed by atoms with van der Waals surface area (Å²) >= 11 is 1.29. The van der Waals surface area contributed by atoms with E-state index in [0.29, 0.717) is 10.6 Å². The molecule has 2 bridgehead atoms. The van der Waals surface area contributed by atoms with E-state index < -0.39 is 23.7 Å². The van der Waals surface area contributed by atoms with Gasteiger partial charge < -0.3 is 16.2 Å². The topological polar surface area (TPSA) is 109 Å². The lowest BCUT2D eigenvalue weighted by atomic mass is 9.62. The standard InChI is InChI=1S/C17H20N2O4S/c1-7-8(2)24-16(11(7)14(18)20)19-15(21)12-9-3-5-10(6-4-9)13(12)17(22)23/h3,5,9-10,12-13H,4,6H2,1-2H3,(H2,18,20)(H,19,21)(H,22,23)/t9-,10-,12+,13+/m0/s1. The van der Waals surface area contributed by atoms with Crippen LogP contribution in [0.1, 0.15) is 33.6 Å². The number of fused-ring (bicyclic) bond motifs is 2. The molecule has 6 nitrogen and oxygen atoms in total. The Kier molecular flexibility index (Phi) is 4.21. The molecule has 1 saturated carbocycles. The maximum atomic E-state index is 12.8. The average Bonchev–Trinajstić information content (AvgIpc) is 2.81. The van der Waals surface area contributed by atoms with E-state index in [-0.39, 0.29) is 17.7 Å². The molecule has 0 unspecified atom stereocenters. The van der Waals surface area contributed by atoms with Crippen molar-refractivity contribution in [3.63, 3.8) is 0 Å². The first-order chi connectivity index (χ1) is 11.3. The molecule has 1 aromatic rings. The minimum atomic E-state index is -0.942. The molecule has 4 rings (SSSR count). The Morgan fingerprint density at radius 2 is 1.75 bits per heavy atom. The Labute approximate surface area is 143 Å². The van der Waals surface area contributed by atoms with Crippen LogP contribution in [0.3, 0.4) is 0 Å². The van der Waals surface area contributed by atoms with Gasteiger partial charge in [-0.3, -0.25) is 14.4 Å². The fourth-order valence-corrected chi connectivity index (χ4v) is 4.96. The second kappa shape index (κ2) is 6.05. The van der Waals surface area contributed by atoms with Crippen LogP contribution < -0.4 is 11.1 Å². The summed E-state index contributed by atoms with van der Waals surface area (Å²) in [6, 6.07) is 0. The van der Waals surface area contributed by atoms with Gasteiger partial charge in [0.05, 0.1) is 17.4 Å². The number of carboxylic acid groups (broad SMARTS) is 1. The normalized spacial score (nSPS) is 27.9. The highest BCUT2D eigenvalue weighted by Crippen LogP contribution is 2.45. The number of nitrogens with one attached hydrogen (secondary N) is 1. The molecule has 1 aromatic heterocycles. The Morgan fingerprint density at radius 3 is 2.25 bits per heavy atom. The summed E-state index contributed by atoms with van der Waals surface area (Å²) in [5.41, 5.74) is 6.50. The third-order valence-corrected chi connectivity index (χ3v) is 6.33. The van der Waals surface area contributed by atoms with Crippen LogP contribution in [0.25, 0.3) is 0 Å². The Hall–Kier alpha value is -2.15. The number of hydrogen-bond acceptors (Lipinski definition) is 4. The number of nitrogens with two attached hydrogens (primary N) is 1. The highest BCUT2D eigenvalue weighted by molar-refractivity contribution is 7.16. The quantitative estimate of drug-likeness (QED) is 0.725. The maximum absolute atomic E-state index is 12.8. The Balaban J connectivity index is 1.90. The van der Waals surface area contributed by atoms with E-state index in [4.69, 9.17) is 5.73 Å². The van der Waals surface area contributed by atoms with E-state index in [1.165, 1.54) is 11.3 Å². The van der Waals surface area contributed by atoms with E-state index >= 15 is 0 Å². The molecule has 4 N–H and O–H groups in total. The highest BCUT2D eigenvalue weighted by Gasteiger charge is 2.48. The van der Waals surface area contributed by atoms with Crippen LogP contribution in [0.2, 0.25) is 0 Å². The van der Waals surface area contributed by atoms with Crippen LogP contribution in [0.4, 0.5) is 5.00 Å². The Bertz CT molecular complexity index is 752. The maximum Gasteiger partial charge on any atom is 0.307 e. The summed E-state index contributed by atoms with van der Waals surface area (Å²) in [6.45, 7) is 3.64. The number of rotatable bonds is 4. The van der Waals surface area contributed by atoms with E-state index in [0.717, 1.165) is 23.3 Å². The van der Waals surface area contributed by atoms with Crippen molar-refractivity contribution in [1.29, 1.82) is 0 Å². The van der Waals surface area contributed by atoms with Gasteiger partial charge in [0.1, 0.15) is 5.00 Å². The van der Waals surface area contributed by atoms with Crippen molar-refractivity contribution in [2.24, 2.45) is 29.4 Å². The van der Waals surface area contributed by atoms with Crippen molar-refractivity contribution >= 4 is 34.1 Å². The number of aliphatic carboxylic acids is 1. The number of amides is 2. The van der Waals surface area contributed by atoms with Gasteiger partial charge in [0.15, 0.2) is 0 Å². The lowest BCUT2D eigenvalue weighted by Crippen LogP contribution is -2.47. The molecule has 3 aliphatic rings. The first kappa shape index (κ1) is 16.7. The zero-order valence-electron chi connectivity index (χ0n) is 13.5. The number of carboxylic acids is 1. The molecule has 0 spiro atoms. The fourth-order valence-electron chi connectivity index (χ4n) is 3.90. The van der Waals surface area contributed by atoms with E-state index in [1.807, 2.05) is 19.1 Å². The minimum Gasteiger partial charge on any atom is -0.481 e. The van der Waals surface area contributed by atoms with Gasteiger partial charge in [-0.1, -0.05) is 12.2 Å². The van der Waals surface area contributed by atoms with Crippen molar-refractivity contribution < 1.29 is 19.5 Å². The Morgan fingerprint density at radius 1 is 1.17 bits per heavy atom. The summed E-state index contributed by atoms with van der Waals surface area (Å²) in [4.78, 5) is 37.1. The van der Waals surface area contributed by atoms with Crippen LogP contribution in [0.5, 0.6) is 0 Å². The number of thiophene rings is 1. The van der Waals surface area contributed by atoms with Crippen molar-refractivity contribution in [3.8, 4) is 0 Å². The van der Waals surface area contributed by atoms with Gasteiger partial charge in [-0.05, 0) is 44.1 Å². The molecule has 24 heavy (non-hydrogen) atoms. The number of allylic oxidation sites excluding steroid dienone is 2. The van der Waals surface area contributed by atoms with Crippen molar-refractivity contribution in [3.05, 3.63) is 28.2 Å². The molecule has 7 heteroatoms. The molecule has 0 aromatic carbocycles. The lowest BCUT2D eigenvalue weighted by molar-refractivity contribution is -0.151. The van der Waals surface area contributed by atoms with Gasteiger partial charge in [-0.15, -0.1) is 11.3 Å². The molecule has 4 atom stereocenters. The highest BCUT2D eigenvalue weighted by atomic mass is 32.1. The van der Waals surface area contributed by atoms with Crippen LogP contribution in [0.15, 0.2) is 12.2 Å². The van der Waals surface area contributed by atoms with Gasteiger partial charge in [0.25, 0.3) is 5.91 Å². The summed E-state index contributed by atoms with van der Waals surface area (Å²) in [6.07, 6.45) is 5.49. The van der Waals surface area contributed by atoms with E-state index in [1.54, 1.807) is 6.92 Å². The summed E-state index contributed by atoms with van der Waals surface area (Å²) < 4.78 is 0. The van der Waals surface area contributed by atoms with Crippen LogP contribution in [-0.2, 0) is 9.59 Å².